The van der Waals surface area contributed by atoms with E-state index in [1.165, 1.54) is 0 Å². The molecule has 1 aromatic rings. The van der Waals surface area contributed by atoms with Crippen molar-refractivity contribution in [3.63, 3.8) is 0 Å². The molecule has 2 rings (SSSR count). The van der Waals surface area contributed by atoms with Crippen molar-refractivity contribution in [2.24, 2.45) is 0 Å². The fraction of sp³-hybridized carbons (Fsp3) is 0.357. The summed E-state index contributed by atoms with van der Waals surface area (Å²) in [5.74, 6) is 2.16. The first-order valence-corrected chi connectivity index (χ1v) is 7.24. The molecule has 0 radical (unpaired) electrons. The van der Waals surface area contributed by atoms with E-state index < -0.39 is 0 Å². The van der Waals surface area contributed by atoms with Crippen LogP contribution < -0.4 is 5.73 Å². The Kier molecular flexibility index (Phi) is 4.31. The van der Waals surface area contributed by atoms with Gasteiger partial charge in [-0.2, -0.15) is 11.8 Å². The second-order valence-electron chi connectivity index (χ2n) is 4.46. The molecule has 0 aliphatic carbocycles. The number of nitrogen functional groups attached to an aromatic ring is 1. The summed E-state index contributed by atoms with van der Waals surface area (Å²) < 4.78 is 0. The fourth-order valence-electron chi connectivity index (χ4n) is 1.92. The number of thioether (sulfide) groups is 1. The molecular formula is C14H18N2OS. The predicted molar refractivity (Wildman–Crippen MR) is 78.4 cm³/mol. The van der Waals surface area contributed by atoms with Crippen LogP contribution in [0.4, 0.5) is 5.69 Å². The molecule has 1 saturated heterocycles. The van der Waals surface area contributed by atoms with Crippen molar-refractivity contribution < 1.29 is 4.79 Å². The molecule has 0 spiro atoms. The molecule has 0 aromatic heterocycles. The first-order chi connectivity index (χ1) is 8.66. The van der Waals surface area contributed by atoms with E-state index in [1.807, 2.05) is 47.0 Å². The highest BCUT2D eigenvalue weighted by molar-refractivity contribution is 7.99. The van der Waals surface area contributed by atoms with Gasteiger partial charge in [0.05, 0.1) is 0 Å². The highest BCUT2D eigenvalue weighted by Gasteiger charge is 2.21. The van der Waals surface area contributed by atoms with Gasteiger partial charge >= 0.3 is 0 Å². The Labute approximate surface area is 112 Å². The van der Waals surface area contributed by atoms with Gasteiger partial charge in [-0.15, -0.1) is 0 Å². The molecule has 1 heterocycles. The van der Waals surface area contributed by atoms with Crippen molar-refractivity contribution in [3.8, 4) is 0 Å². The second-order valence-corrected chi connectivity index (χ2v) is 5.61. The van der Waals surface area contributed by atoms with E-state index in [1.54, 1.807) is 6.08 Å². The van der Waals surface area contributed by atoms with Gasteiger partial charge < -0.3 is 10.6 Å². The topological polar surface area (TPSA) is 46.3 Å². The zero-order valence-electron chi connectivity index (χ0n) is 10.5. The third-order valence-electron chi connectivity index (χ3n) is 3.01. The number of carbonyl (C=O) groups excluding carboxylic acids is 1. The summed E-state index contributed by atoms with van der Waals surface area (Å²) in [6, 6.07) is 7.82. The summed E-state index contributed by atoms with van der Waals surface area (Å²) in [6.45, 7) is 2.94. The van der Waals surface area contributed by atoms with Crippen molar-refractivity contribution in [1.82, 2.24) is 4.90 Å². The van der Waals surface area contributed by atoms with Crippen LogP contribution in [0.3, 0.4) is 0 Å². The Balaban J connectivity index is 1.99. The number of amides is 1. The molecule has 1 atom stereocenters. The van der Waals surface area contributed by atoms with Gasteiger partial charge in [0.2, 0.25) is 5.91 Å². The lowest BCUT2D eigenvalue weighted by Gasteiger charge is -2.32. The lowest BCUT2D eigenvalue weighted by molar-refractivity contribution is -0.127. The maximum absolute atomic E-state index is 12.1. The Morgan fingerprint density at radius 3 is 2.83 bits per heavy atom. The Morgan fingerprint density at radius 1 is 1.44 bits per heavy atom. The molecule has 0 saturated carbocycles. The number of rotatable bonds is 2. The van der Waals surface area contributed by atoms with Gasteiger partial charge in [-0.25, -0.2) is 0 Å². The predicted octanol–water partition coefficient (Wildman–Crippen LogP) is 2.25. The van der Waals surface area contributed by atoms with Gasteiger partial charge in [0.1, 0.15) is 0 Å². The number of nitrogens with zero attached hydrogens (tertiary/aromatic N) is 1. The molecule has 4 heteroatoms. The van der Waals surface area contributed by atoms with Crippen LogP contribution in [-0.2, 0) is 4.79 Å². The first-order valence-electron chi connectivity index (χ1n) is 6.09. The largest absolute Gasteiger partial charge is 0.399 e. The number of carbonyl (C=O) groups is 1. The van der Waals surface area contributed by atoms with Crippen LogP contribution in [0.25, 0.3) is 6.08 Å². The Morgan fingerprint density at radius 2 is 2.17 bits per heavy atom. The van der Waals surface area contributed by atoms with Gasteiger partial charge in [0.15, 0.2) is 0 Å². The minimum absolute atomic E-state index is 0.0969. The van der Waals surface area contributed by atoms with Gasteiger partial charge in [-0.05, 0) is 30.7 Å². The average molecular weight is 262 g/mol. The molecule has 1 unspecified atom stereocenters. The second kappa shape index (κ2) is 5.96. The normalized spacial score (nSPS) is 20.3. The molecule has 3 nitrogen and oxygen atoms in total. The van der Waals surface area contributed by atoms with Crippen LogP contribution in [-0.4, -0.2) is 34.9 Å². The van der Waals surface area contributed by atoms with Crippen LogP contribution in [0.15, 0.2) is 30.3 Å². The van der Waals surface area contributed by atoms with E-state index in [0.717, 1.165) is 29.3 Å². The quantitative estimate of drug-likeness (QED) is 0.657. The van der Waals surface area contributed by atoms with Gasteiger partial charge in [-0.1, -0.05) is 12.1 Å². The van der Waals surface area contributed by atoms with Crippen LogP contribution in [0, 0.1) is 0 Å². The van der Waals surface area contributed by atoms with Crippen molar-refractivity contribution in [3.05, 3.63) is 35.9 Å². The van der Waals surface area contributed by atoms with Crippen LogP contribution >= 0.6 is 11.8 Å². The average Bonchev–Trinajstić information content (AvgIpc) is 2.38. The van der Waals surface area contributed by atoms with Gasteiger partial charge in [0, 0.05) is 35.9 Å². The SMILES string of the molecule is CC1CSCCN1C(=O)/C=C/c1ccc(N)cc1. The summed E-state index contributed by atoms with van der Waals surface area (Å²) >= 11 is 1.91. The van der Waals surface area contributed by atoms with E-state index in [0.29, 0.717) is 6.04 Å². The van der Waals surface area contributed by atoms with E-state index in [-0.39, 0.29) is 5.91 Å². The van der Waals surface area contributed by atoms with E-state index >= 15 is 0 Å². The van der Waals surface area contributed by atoms with E-state index in [9.17, 15) is 4.79 Å². The number of anilines is 1. The first kappa shape index (κ1) is 13.0. The molecule has 1 aromatic carbocycles. The highest BCUT2D eigenvalue weighted by atomic mass is 32.2. The van der Waals surface area contributed by atoms with Crippen molar-refractivity contribution in [1.29, 1.82) is 0 Å². The lowest BCUT2D eigenvalue weighted by Crippen LogP contribution is -2.43. The molecule has 1 aliphatic rings. The molecule has 96 valence electrons. The molecule has 1 amide bonds. The molecular weight excluding hydrogens is 244 g/mol. The summed E-state index contributed by atoms with van der Waals surface area (Å²) in [5, 5.41) is 0. The maximum Gasteiger partial charge on any atom is 0.246 e. The number of benzene rings is 1. The minimum Gasteiger partial charge on any atom is -0.399 e. The number of hydrogen-bond acceptors (Lipinski definition) is 3. The third-order valence-corrected chi connectivity index (χ3v) is 4.19. The third kappa shape index (κ3) is 3.29. The highest BCUT2D eigenvalue weighted by Crippen LogP contribution is 2.16. The fourth-order valence-corrected chi connectivity index (χ4v) is 2.94. The zero-order chi connectivity index (χ0) is 13.0. The summed E-state index contributed by atoms with van der Waals surface area (Å²) in [4.78, 5) is 14.0. The Bertz CT molecular complexity index is 442. The minimum atomic E-state index is 0.0969. The van der Waals surface area contributed by atoms with Crippen LogP contribution in [0.5, 0.6) is 0 Å². The van der Waals surface area contributed by atoms with Gasteiger partial charge in [-0.3, -0.25) is 4.79 Å². The number of hydrogen-bond donors (Lipinski definition) is 1. The summed E-state index contributed by atoms with van der Waals surface area (Å²) in [5.41, 5.74) is 7.35. The smallest absolute Gasteiger partial charge is 0.246 e. The van der Waals surface area contributed by atoms with E-state index in [2.05, 4.69) is 6.92 Å². The van der Waals surface area contributed by atoms with Crippen molar-refractivity contribution >= 4 is 29.4 Å². The van der Waals surface area contributed by atoms with E-state index in [4.69, 9.17) is 5.73 Å². The van der Waals surface area contributed by atoms with Crippen molar-refractivity contribution in [2.75, 3.05) is 23.8 Å². The number of nitrogens with two attached hydrogens (primary N) is 1. The van der Waals surface area contributed by atoms with Gasteiger partial charge in [0.25, 0.3) is 0 Å². The van der Waals surface area contributed by atoms with Crippen molar-refractivity contribution in [2.45, 2.75) is 13.0 Å². The standard InChI is InChI=1S/C14H18N2OS/c1-11-10-18-9-8-16(11)14(17)7-4-12-2-5-13(15)6-3-12/h2-7,11H,8-10,15H2,1H3/b7-4+. The van der Waals surface area contributed by atoms with Crippen LogP contribution in [0.1, 0.15) is 12.5 Å². The Hall–Kier alpha value is -1.42. The molecule has 18 heavy (non-hydrogen) atoms. The summed E-state index contributed by atoms with van der Waals surface area (Å²) in [6.07, 6.45) is 3.49. The monoisotopic (exact) mass is 262 g/mol. The van der Waals surface area contributed by atoms with Crippen LogP contribution in [0.2, 0.25) is 0 Å². The molecule has 1 aliphatic heterocycles. The molecule has 2 N–H and O–H groups in total. The zero-order valence-corrected chi connectivity index (χ0v) is 11.3. The molecule has 0 bridgehead atoms. The molecule has 1 fully saturated rings. The maximum atomic E-state index is 12.1. The summed E-state index contributed by atoms with van der Waals surface area (Å²) in [7, 11) is 0. The lowest BCUT2D eigenvalue weighted by atomic mass is 10.2.